The number of aromatic nitrogens is 3. The van der Waals surface area contributed by atoms with Crippen LogP contribution in [0.5, 0.6) is 0 Å². The van der Waals surface area contributed by atoms with E-state index in [1.807, 2.05) is 17.9 Å². The third-order valence-electron chi connectivity index (χ3n) is 3.98. The van der Waals surface area contributed by atoms with Gasteiger partial charge >= 0.3 is 6.18 Å². The van der Waals surface area contributed by atoms with Crippen LogP contribution in [0.4, 0.5) is 30.8 Å². The number of nitrogens with zero attached hydrogens (tertiary/aromatic N) is 5. The fraction of sp³-hybridized carbons (Fsp3) is 0.438. The molecule has 134 valence electrons. The Hall–Kier alpha value is -2.58. The molecule has 1 saturated heterocycles. The molecule has 9 heteroatoms. The topological polar surface area (TPSA) is 57.2 Å². The molecule has 2 aromatic rings. The second-order valence-corrected chi connectivity index (χ2v) is 5.65. The molecule has 1 fully saturated rings. The predicted octanol–water partition coefficient (Wildman–Crippen LogP) is 2.65. The summed E-state index contributed by atoms with van der Waals surface area (Å²) in [4.78, 5) is 16.7. The molecule has 0 amide bonds. The first-order valence-corrected chi connectivity index (χ1v) is 8.07. The van der Waals surface area contributed by atoms with Gasteiger partial charge in [0, 0.05) is 45.1 Å². The third kappa shape index (κ3) is 4.09. The molecule has 0 saturated carbocycles. The molecule has 0 unspecified atom stereocenters. The highest BCUT2D eigenvalue weighted by molar-refractivity contribution is 5.47. The summed E-state index contributed by atoms with van der Waals surface area (Å²) in [5.74, 6) is 1.99. The van der Waals surface area contributed by atoms with Crippen LogP contribution in [0, 0.1) is 0 Å². The van der Waals surface area contributed by atoms with E-state index in [0.717, 1.165) is 24.6 Å². The van der Waals surface area contributed by atoms with Crippen LogP contribution < -0.4 is 15.1 Å². The maximum Gasteiger partial charge on any atom is 0.417 e. The van der Waals surface area contributed by atoms with Crippen LogP contribution in [0.1, 0.15) is 12.5 Å². The maximum atomic E-state index is 12.6. The van der Waals surface area contributed by atoms with E-state index in [-0.39, 0.29) is 0 Å². The molecule has 0 atom stereocenters. The quantitative estimate of drug-likeness (QED) is 0.913. The van der Waals surface area contributed by atoms with Gasteiger partial charge in [0.15, 0.2) is 0 Å². The summed E-state index contributed by atoms with van der Waals surface area (Å²) in [6.07, 6.45) is -1.76. The number of piperazine rings is 1. The van der Waals surface area contributed by atoms with E-state index in [2.05, 4.69) is 25.2 Å². The molecule has 0 aliphatic carbocycles. The van der Waals surface area contributed by atoms with Gasteiger partial charge in [0.25, 0.3) is 0 Å². The summed E-state index contributed by atoms with van der Waals surface area (Å²) in [6.45, 7) is 5.48. The van der Waals surface area contributed by atoms with Crippen LogP contribution in [0.15, 0.2) is 30.6 Å². The van der Waals surface area contributed by atoms with Crippen molar-refractivity contribution in [2.45, 2.75) is 13.1 Å². The third-order valence-corrected chi connectivity index (χ3v) is 3.98. The molecule has 0 bridgehead atoms. The SMILES string of the molecule is CCNc1nccc(N2CCN(c3ccc(C(F)(F)F)cn3)CC2)n1. The summed E-state index contributed by atoms with van der Waals surface area (Å²) in [6, 6.07) is 4.35. The van der Waals surface area contributed by atoms with E-state index in [1.165, 1.54) is 6.07 Å². The van der Waals surface area contributed by atoms with E-state index in [9.17, 15) is 13.2 Å². The average Bonchev–Trinajstić information content (AvgIpc) is 2.62. The van der Waals surface area contributed by atoms with E-state index >= 15 is 0 Å². The van der Waals surface area contributed by atoms with Crippen molar-refractivity contribution < 1.29 is 13.2 Å². The Morgan fingerprint density at radius 2 is 1.68 bits per heavy atom. The Morgan fingerprint density at radius 1 is 1.00 bits per heavy atom. The molecule has 2 aromatic heterocycles. The maximum absolute atomic E-state index is 12.6. The molecule has 1 aliphatic heterocycles. The van der Waals surface area contributed by atoms with Gasteiger partial charge in [-0.15, -0.1) is 0 Å². The van der Waals surface area contributed by atoms with Crippen LogP contribution in [0.3, 0.4) is 0 Å². The zero-order chi connectivity index (χ0) is 17.9. The Balaban J connectivity index is 1.63. The molecule has 6 nitrogen and oxygen atoms in total. The number of halogens is 3. The molecular formula is C16H19F3N6. The minimum absolute atomic E-state index is 0.559. The lowest BCUT2D eigenvalue weighted by atomic mass is 10.2. The Kier molecular flexibility index (Phi) is 4.91. The highest BCUT2D eigenvalue weighted by Gasteiger charge is 2.31. The Bertz CT molecular complexity index is 696. The standard InChI is InChI=1S/C16H19F3N6/c1-2-20-15-21-6-5-14(23-15)25-9-7-24(8-10-25)13-4-3-12(11-22-13)16(17,18)19/h3-6,11H,2,7-10H2,1H3,(H,20,21,23). The van der Waals surface area contributed by atoms with Crippen molar-refractivity contribution in [1.82, 2.24) is 15.0 Å². The molecule has 0 radical (unpaired) electrons. The molecule has 3 rings (SSSR count). The number of anilines is 3. The van der Waals surface area contributed by atoms with Gasteiger partial charge in [-0.25, -0.2) is 9.97 Å². The largest absolute Gasteiger partial charge is 0.417 e. The minimum atomic E-state index is -4.36. The second kappa shape index (κ2) is 7.12. The summed E-state index contributed by atoms with van der Waals surface area (Å²) >= 11 is 0. The summed E-state index contributed by atoms with van der Waals surface area (Å²) in [7, 11) is 0. The van der Waals surface area contributed by atoms with Gasteiger partial charge in [-0.05, 0) is 25.1 Å². The highest BCUT2D eigenvalue weighted by atomic mass is 19.4. The smallest absolute Gasteiger partial charge is 0.354 e. The van der Waals surface area contributed by atoms with Crippen LogP contribution in [-0.4, -0.2) is 47.7 Å². The molecule has 25 heavy (non-hydrogen) atoms. The molecular weight excluding hydrogens is 333 g/mol. The molecule has 1 aliphatic rings. The minimum Gasteiger partial charge on any atom is -0.354 e. The van der Waals surface area contributed by atoms with Gasteiger partial charge < -0.3 is 15.1 Å². The highest BCUT2D eigenvalue weighted by Crippen LogP contribution is 2.29. The average molecular weight is 352 g/mol. The monoisotopic (exact) mass is 352 g/mol. The van der Waals surface area contributed by atoms with Gasteiger partial charge in [-0.1, -0.05) is 0 Å². The fourth-order valence-electron chi connectivity index (χ4n) is 2.67. The van der Waals surface area contributed by atoms with E-state index in [1.54, 1.807) is 6.20 Å². The van der Waals surface area contributed by atoms with Crippen molar-refractivity contribution in [2.75, 3.05) is 47.8 Å². The van der Waals surface area contributed by atoms with Gasteiger partial charge in [0.1, 0.15) is 11.6 Å². The zero-order valence-electron chi connectivity index (χ0n) is 13.8. The number of rotatable bonds is 4. The van der Waals surface area contributed by atoms with Gasteiger partial charge in [-0.2, -0.15) is 18.2 Å². The normalized spacial score (nSPS) is 15.4. The number of pyridine rings is 1. The number of alkyl halides is 3. The molecule has 3 heterocycles. The van der Waals surface area contributed by atoms with Gasteiger partial charge in [0.2, 0.25) is 5.95 Å². The van der Waals surface area contributed by atoms with Crippen molar-refractivity contribution in [2.24, 2.45) is 0 Å². The number of nitrogens with one attached hydrogen (secondary N) is 1. The second-order valence-electron chi connectivity index (χ2n) is 5.65. The van der Waals surface area contributed by atoms with Crippen molar-refractivity contribution in [3.8, 4) is 0 Å². The van der Waals surface area contributed by atoms with Crippen LogP contribution in [0.25, 0.3) is 0 Å². The molecule has 0 aromatic carbocycles. The van der Waals surface area contributed by atoms with Crippen molar-refractivity contribution in [1.29, 1.82) is 0 Å². The lowest BCUT2D eigenvalue weighted by Gasteiger charge is -2.36. The first kappa shape index (κ1) is 17.2. The fourth-order valence-corrected chi connectivity index (χ4v) is 2.67. The van der Waals surface area contributed by atoms with Crippen LogP contribution in [0.2, 0.25) is 0 Å². The lowest BCUT2D eigenvalue weighted by Crippen LogP contribution is -2.47. The summed E-state index contributed by atoms with van der Waals surface area (Å²) < 4.78 is 37.8. The lowest BCUT2D eigenvalue weighted by molar-refractivity contribution is -0.137. The first-order valence-electron chi connectivity index (χ1n) is 8.07. The van der Waals surface area contributed by atoms with Crippen molar-refractivity contribution in [3.05, 3.63) is 36.2 Å². The number of hydrogen-bond donors (Lipinski definition) is 1. The van der Waals surface area contributed by atoms with Crippen LogP contribution >= 0.6 is 0 Å². The molecule has 1 N–H and O–H groups in total. The zero-order valence-corrected chi connectivity index (χ0v) is 13.8. The number of hydrogen-bond acceptors (Lipinski definition) is 6. The summed E-state index contributed by atoms with van der Waals surface area (Å²) in [5, 5.41) is 3.08. The van der Waals surface area contributed by atoms with Crippen LogP contribution in [-0.2, 0) is 6.18 Å². The predicted molar refractivity (Wildman–Crippen MR) is 89.9 cm³/mol. The van der Waals surface area contributed by atoms with Gasteiger partial charge in [0.05, 0.1) is 5.56 Å². The first-order chi connectivity index (χ1) is 12.0. The Labute approximate surface area is 143 Å². The van der Waals surface area contributed by atoms with Gasteiger partial charge in [-0.3, -0.25) is 0 Å². The summed E-state index contributed by atoms with van der Waals surface area (Å²) in [5.41, 5.74) is -0.730. The Morgan fingerprint density at radius 3 is 2.24 bits per heavy atom. The van der Waals surface area contributed by atoms with Crippen molar-refractivity contribution >= 4 is 17.6 Å². The van der Waals surface area contributed by atoms with E-state index < -0.39 is 11.7 Å². The van der Waals surface area contributed by atoms with E-state index in [0.29, 0.717) is 37.9 Å². The van der Waals surface area contributed by atoms with Crippen molar-refractivity contribution in [3.63, 3.8) is 0 Å². The molecule has 0 spiro atoms. The van der Waals surface area contributed by atoms with E-state index in [4.69, 9.17) is 0 Å².